The molecule has 0 aromatic carbocycles. The van der Waals surface area contributed by atoms with E-state index in [-0.39, 0.29) is 6.10 Å². The molecule has 0 aromatic rings. The largest absolute Gasteiger partial charge is 0.389 e. The van der Waals surface area contributed by atoms with E-state index in [1.165, 1.54) is 12.8 Å². The van der Waals surface area contributed by atoms with Crippen LogP contribution in [0.15, 0.2) is 0 Å². The molecular weight excluding hydrogens is 214 g/mol. The van der Waals surface area contributed by atoms with E-state index < -0.39 is 0 Å². The first-order chi connectivity index (χ1) is 8.10. The fourth-order valence-electron chi connectivity index (χ4n) is 1.72. The third kappa shape index (κ3) is 10.7. The fourth-order valence-corrected chi connectivity index (χ4v) is 1.72. The lowest BCUT2D eigenvalue weighted by Gasteiger charge is -2.19. The van der Waals surface area contributed by atoms with Crippen LogP contribution in [0.25, 0.3) is 0 Å². The smallest absolute Gasteiger partial charge is 0.0897 e. The zero-order chi connectivity index (χ0) is 13.1. The van der Waals surface area contributed by atoms with Crippen LogP contribution < -0.4 is 5.32 Å². The molecule has 104 valence electrons. The van der Waals surface area contributed by atoms with Gasteiger partial charge in [-0.2, -0.15) is 0 Å². The van der Waals surface area contributed by atoms with Crippen molar-refractivity contribution in [3.63, 3.8) is 0 Å². The monoisotopic (exact) mass is 245 g/mol. The Morgan fingerprint density at radius 3 is 2.53 bits per heavy atom. The van der Waals surface area contributed by atoms with Crippen LogP contribution in [0.5, 0.6) is 0 Å². The van der Waals surface area contributed by atoms with Gasteiger partial charge in [0.1, 0.15) is 0 Å². The van der Waals surface area contributed by atoms with Crippen molar-refractivity contribution in [2.75, 3.05) is 19.8 Å². The van der Waals surface area contributed by atoms with Gasteiger partial charge in [-0.15, -0.1) is 0 Å². The van der Waals surface area contributed by atoms with Crippen molar-refractivity contribution >= 4 is 0 Å². The Hall–Kier alpha value is -0.120. The van der Waals surface area contributed by atoms with Gasteiger partial charge in [0, 0.05) is 19.2 Å². The van der Waals surface area contributed by atoms with Crippen LogP contribution in [-0.2, 0) is 4.74 Å². The number of unbranched alkanes of at least 4 members (excludes halogenated alkanes) is 1. The molecule has 0 saturated heterocycles. The van der Waals surface area contributed by atoms with E-state index in [2.05, 4.69) is 33.0 Å². The Morgan fingerprint density at radius 2 is 1.94 bits per heavy atom. The molecule has 0 radical (unpaired) electrons. The van der Waals surface area contributed by atoms with Crippen LogP contribution in [0.3, 0.4) is 0 Å². The SMILES string of the molecule is CCCCOCC(O)CNC(C)CC(C)CC. The summed E-state index contributed by atoms with van der Waals surface area (Å²) in [5, 5.41) is 13.1. The van der Waals surface area contributed by atoms with Gasteiger partial charge in [-0.3, -0.25) is 0 Å². The molecule has 3 heteroatoms. The van der Waals surface area contributed by atoms with E-state index in [1.54, 1.807) is 0 Å². The van der Waals surface area contributed by atoms with Gasteiger partial charge in [0.15, 0.2) is 0 Å². The highest BCUT2D eigenvalue weighted by Crippen LogP contribution is 2.09. The van der Waals surface area contributed by atoms with Crippen LogP contribution >= 0.6 is 0 Å². The Balaban J connectivity index is 3.45. The molecule has 0 heterocycles. The molecule has 3 unspecified atom stereocenters. The summed E-state index contributed by atoms with van der Waals surface area (Å²) in [5.74, 6) is 0.746. The van der Waals surface area contributed by atoms with E-state index in [1.807, 2.05) is 0 Å². The topological polar surface area (TPSA) is 41.5 Å². The van der Waals surface area contributed by atoms with Gasteiger partial charge in [0.2, 0.25) is 0 Å². The first-order valence-corrected chi connectivity index (χ1v) is 7.09. The Kier molecular flexibility index (Phi) is 10.9. The highest BCUT2D eigenvalue weighted by atomic mass is 16.5. The van der Waals surface area contributed by atoms with Crippen molar-refractivity contribution in [3.05, 3.63) is 0 Å². The number of nitrogens with one attached hydrogen (secondary N) is 1. The average molecular weight is 245 g/mol. The van der Waals surface area contributed by atoms with Crippen molar-refractivity contribution in [2.45, 2.75) is 65.5 Å². The molecule has 0 fully saturated rings. The molecule has 0 aromatic heterocycles. The van der Waals surface area contributed by atoms with E-state index in [9.17, 15) is 5.11 Å². The quantitative estimate of drug-likeness (QED) is 0.550. The molecule has 0 aliphatic heterocycles. The van der Waals surface area contributed by atoms with Gasteiger partial charge < -0.3 is 15.2 Å². The first kappa shape index (κ1) is 16.9. The summed E-state index contributed by atoms with van der Waals surface area (Å²) < 4.78 is 5.38. The Bertz CT molecular complexity index is 164. The number of aliphatic hydroxyl groups is 1. The van der Waals surface area contributed by atoms with Crippen molar-refractivity contribution in [1.82, 2.24) is 5.32 Å². The van der Waals surface area contributed by atoms with E-state index >= 15 is 0 Å². The predicted molar refractivity (Wildman–Crippen MR) is 73.3 cm³/mol. The molecular formula is C14H31NO2. The van der Waals surface area contributed by atoms with Gasteiger partial charge in [-0.1, -0.05) is 33.6 Å². The van der Waals surface area contributed by atoms with Gasteiger partial charge in [0.05, 0.1) is 12.7 Å². The summed E-state index contributed by atoms with van der Waals surface area (Å²) in [6, 6.07) is 0.468. The summed E-state index contributed by atoms with van der Waals surface area (Å²) >= 11 is 0. The lowest BCUT2D eigenvalue weighted by atomic mass is 10.0. The van der Waals surface area contributed by atoms with Crippen molar-refractivity contribution in [1.29, 1.82) is 0 Å². The highest BCUT2D eigenvalue weighted by molar-refractivity contribution is 4.67. The minimum absolute atomic E-state index is 0.383. The lowest BCUT2D eigenvalue weighted by Crippen LogP contribution is -2.36. The number of hydrogen-bond donors (Lipinski definition) is 2. The second-order valence-electron chi connectivity index (χ2n) is 5.14. The van der Waals surface area contributed by atoms with E-state index in [4.69, 9.17) is 4.74 Å². The predicted octanol–water partition coefficient (Wildman–Crippen LogP) is 2.58. The number of rotatable bonds is 11. The number of ether oxygens (including phenoxy) is 1. The number of aliphatic hydroxyl groups excluding tert-OH is 1. The minimum atomic E-state index is -0.383. The molecule has 17 heavy (non-hydrogen) atoms. The minimum Gasteiger partial charge on any atom is -0.389 e. The summed E-state index contributed by atoms with van der Waals surface area (Å²) in [4.78, 5) is 0. The van der Waals surface area contributed by atoms with Crippen LogP contribution in [-0.4, -0.2) is 37.0 Å². The number of hydrogen-bond acceptors (Lipinski definition) is 3. The molecule has 0 aliphatic rings. The highest BCUT2D eigenvalue weighted by Gasteiger charge is 2.09. The molecule has 0 aliphatic carbocycles. The van der Waals surface area contributed by atoms with E-state index in [0.717, 1.165) is 25.4 Å². The summed E-state index contributed by atoms with van der Waals surface area (Å²) in [6.07, 6.45) is 4.21. The maximum absolute atomic E-state index is 9.70. The molecule has 3 nitrogen and oxygen atoms in total. The Morgan fingerprint density at radius 1 is 1.24 bits per heavy atom. The van der Waals surface area contributed by atoms with Crippen molar-refractivity contribution in [2.24, 2.45) is 5.92 Å². The van der Waals surface area contributed by atoms with Crippen LogP contribution in [0.4, 0.5) is 0 Å². The fraction of sp³-hybridized carbons (Fsp3) is 1.00. The summed E-state index contributed by atoms with van der Waals surface area (Å²) in [6.45, 7) is 10.6. The average Bonchev–Trinajstić information content (AvgIpc) is 2.32. The third-order valence-corrected chi connectivity index (χ3v) is 3.11. The molecule has 3 atom stereocenters. The zero-order valence-electron chi connectivity index (χ0n) is 12.0. The van der Waals surface area contributed by atoms with Crippen LogP contribution in [0.2, 0.25) is 0 Å². The van der Waals surface area contributed by atoms with Gasteiger partial charge in [0.25, 0.3) is 0 Å². The Labute approximate surface area is 107 Å². The standard InChI is InChI=1S/C14H31NO2/c1-5-7-8-17-11-14(16)10-15-13(4)9-12(3)6-2/h12-16H,5-11H2,1-4H3. The molecule has 0 saturated carbocycles. The normalized spacial score (nSPS) is 16.8. The molecule has 0 amide bonds. The van der Waals surface area contributed by atoms with Crippen molar-refractivity contribution in [3.8, 4) is 0 Å². The van der Waals surface area contributed by atoms with Crippen molar-refractivity contribution < 1.29 is 9.84 Å². The summed E-state index contributed by atoms with van der Waals surface area (Å²) in [5.41, 5.74) is 0. The van der Waals surface area contributed by atoms with Gasteiger partial charge in [-0.25, -0.2) is 0 Å². The maximum Gasteiger partial charge on any atom is 0.0897 e. The second kappa shape index (κ2) is 11.0. The third-order valence-electron chi connectivity index (χ3n) is 3.11. The van der Waals surface area contributed by atoms with Gasteiger partial charge in [-0.05, 0) is 25.7 Å². The summed E-state index contributed by atoms with van der Waals surface area (Å²) in [7, 11) is 0. The molecule has 2 N–H and O–H groups in total. The molecule has 0 rings (SSSR count). The first-order valence-electron chi connectivity index (χ1n) is 7.09. The molecule has 0 bridgehead atoms. The lowest BCUT2D eigenvalue weighted by molar-refractivity contribution is 0.0345. The molecule has 0 spiro atoms. The van der Waals surface area contributed by atoms with Gasteiger partial charge >= 0.3 is 0 Å². The maximum atomic E-state index is 9.70. The second-order valence-corrected chi connectivity index (χ2v) is 5.14. The van der Waals surface area contributed by atoms with Crippen LogP contribution in [0, 0.1) is 5.92 Å². The van der Waals surface area contributed by atoms with E-state index in [0.29, 0.717) is 19.2 Å². The van der Waals surface area contributed by atoms with Crippen LogP contribution in [0.1, 0.15) is 53.4 Å². The zero-order valence-corrected chi connectivity index (χ0v) is 12.0.